The molecule has 0 N–H and O–H groups in total. The summed E-state index contributed by atoms with van der Waals surface area (Å²) in [6, 6.07) is 26.4. The van der Waals surface area contributed by atoms with E-state index in [2.05, 4.69) is 45.0 Å². The summed E-state index contributed by atoms with van der Waals surface area (Å²) in [5.74, 6) is -1.55. The zero-order valence-electron chi connectivity index (χ0n) is 21.6. The van der Waals surface area contributed by atoms with Crippen molar-refractivity contribution in [3.63, 3.8) is 0 Å². The minimum atomic E-state index is -2.95. The van der Waals surface area contributed by atoms with Gasteiger partial charge >= 0.3 is 5.97 Å². The zero-order valence-corrected chi connectivity index (χ0v) is 22.6. The monoisotopic (exact) mass is 520 g/mol. The van der Waals surface area contributed by atoms with Crippen molar-refractivity contribution in [1.82, 2.24) is 0 Å². The lowest BCUT2D eigenvalue weighted by atomic mass is 10.1. The molecule has 0 saturated heterocycles. The fourth-order valence-electron chi connectivity index (χ4n) is 4.85. The molecule has 1 unspecified atom stereocenters. The third-order valence-electron chi connectivity index (χ3n) is 6.61. The van der Waals surface area contributed by atoms with E-state index in [0.717, 1.165) is 10.4 Å². The standard InChI is InChI=1S/C30H33FO5Si/c1-29(2,3)37(26-11-7-5-8-12-26,27-13-9-6-10-14-27)36-25(21-30(33-4)20-19-28(32)35-30)22-34-24-17-15-23(31)16-18-24/h5-20,25H,21-22H2,1-4H3/t25-,30?/m0/s1. The Morgan fingerprint density at radius 3 is 1.95 bits per heavy atom. The summed E-state index contributed by atoms with van der Waals surface area (Å²) in [5.41, 5.74) is 0. The minimum Gasteiger partial charge on any atom is -0.491 e. The van der Waals surface area contributed by atoms with Crippen molar-refractivity contribution in [3.05, 3.63) is 103 Å². The van der Waals surface area contributed by atoms with Crippen LogP contribution in [0.1, 0.15) is 27.2 Å². The van der Waals surface area contributed by atoms with Gasteiger partial charge in [-0.1, -0.05) is 81.4 Å². The van der Waals surface area contributed by atoms with Crippen LogP contribution in [0.2, 0.25) is 5.04 Å². The lowest BCUT2D eigenvalue weighted by Crippen LogP contribution is -2.68. The highest BCUT2D eigenvalue weighted by Crippen LogP contribution is 2.39. The average Bonchev–Trinajstić information content (AvgIpc) is 3.27. The molecule has 0 radical (unpaired) electrons. The van der Waals surface area contributed by atoms with Crippen molar-refractivity contribution in [2.24, 2.45) is 0 Å². The van der Waals surface area contributed by atoms with Crippen LogP contribution < -0.4 is 15.1 Å². The normalized spacial score (nSPS) is 18.5. The third kappa shape index (κ3) is 5.85. The van der Waals surface area contributed by atoms with Gasteiger partial charge in [-0.25, -0.2) is 9.18 Å². The SMILES string of the molecule is COC1(C[C@@H](COc2ccc(F)cc2)O[Si](c2ccccc2)(c2ccccc2)C(C)(C)C)C=CC(=O)O1. The maximum Gasteiger partial charge on any atom is 0.333 e. The van der Waals surface area contributed by atoms with Gasteiger partial charge < -0.3 is 18.6 Å². The first-order valence-corrected chi connectivity index (χ1v) is 14.2. The number of cyclic esters (lactones) is 1. The summed E-state index contributed by atoms with van der Waals surface area (Å²) in [6.45, 7) is 6.72. The number of rotatable bonds is 10. The first-order chi connectivity index (χ1) is 17.7. The summed E-state index contributed by atoms with van der Waals surface area (Å²) in [4.78, 5) is 12.0. The number of ether oxygens (including phenoxy) is 3. The van der Waals surface area contributed by atoms with E-state index in [1.165, 1.54) is 25.3 Å². The van der Waals surface area contributed by atoms with E-state index in [9.17, 15) is 9.18 Å². The van der Waals surface area contributed by atoms with E-state index in [-0.39, 0.29) is 23.9 Å². The molecule has 0 saturated carbocycles. The molecule has 0 bridgehead atoms. The highest BCUT2D eigenvalue weighted by Gasteiger charge is 2.52. The van der Waals surface area contributed by atoms with Crippen LogP contribution in [0.4, 0.5) is 4.39 Å². The molecule has 3 aromatic carbocycles. The van der Waals surface area contributed by atoms with Crippen molar-refractivity contribution in [3.8, 4) is 5.75 Å². The molecule has 7 heteroatoms. The van der Waals surface area contributed by atoms with E-state index in [0.29, 0.717) is 5.75 Å². The van der Waals surface area contributed by atoms with Crippen LogP contribution in [0, 0.1) is 5.82 Å². The molecule has 0 aliphatic carbocycles. The average molecular weight is 521 g/mol. The predicted molar refractivity (Wildman–Crippen MR) is 144 cm³/mol. The summed E-state index contributed by atoms with van der Waals surface area (Å²) < 4.78 is 38.1. The number of hydrogen-bond acceptors (Lipinski definition) is 5. The molecule has 2 atom stereocenters. The third-order valence-corrected chi connectivity index (χ3v) is 11.7. The first kappa shape index (κ1) is 26.8. The second-order valence-electron chi connectivity index (χ2n) is 10.1. The second-order valence-corrected chi connectivity index (χ2v) is 14.4. The largest absolute Gasteiger partial charge is 0.491 e. The predicted octanol–water partition coefficient (Wildman–Crippen LogP) is 5.00. The van der Waals surface area contributed by atoms with Crippen LogP contribution in [-0.2, 0) is 18.7 Å². The number of halogens is 1. The van der Waals surface area contributed by atoms with Crippen molar-refractivity contribution in [2.75, 3.05) is 13.7 Å². The van der Waals surface area contributed by atoms with Gasteiger partial charge in [-0.3, -0.25) is 0 Å². The molecular weight excluding hydrogens is 487 g/mol. The Labute approximate surface area is 219 Å². The van der Waals surface area contributed by atoms with Gasteiger partial charge in [0, 0.05) is 19.6 Å². The lowest BCUT2D eigenvalue weighted by Gasteiger charge is -2.45. The minimum absolute atomic E-state index is 0.145. The van der Waals surface area contributed by atoms with Gasteiger partial charge in [0.15, 0.2) is 0 Å². The van der Waals surface area contributed by atoms with E-state index >= 15 is 0 Å². The Morgan fingerprint density at radius 1 is 0.919 bits per heavy atom. The maximum atomic E-state index is 13.5. The Kier molecular flexibility index (Phi) is 7.97. The number of benzene rings is 3. The molecule has 0 amide bonds. The highest BCUT2D eigenvalue weighted by molar-refractivity contribution is 6.99. The van der Waals surface area contributed by atoms with Gasteiger partial charge in [0.2, 0.25) is 5.79 Å². The van der Waals surface area contributed by atoms with Gasteiger partial charge in [0.05, 0.1) is 6.10 Å². The molecule has 0 aromatic heterocycles. The van der Waals surface area contributed by atoms with E-state index in [4.69, 9.17) is 18.6 Å². The quantitative estimate of drug-likeness (QED) is 0.278. The van der Waals surface area contributed by atoms with E-state index in [1.807, 2.05) is 36.4 Å². The van der Waals surface area contributed by atoms with Crippen LogP contribution in [0.25, 0.3) is 0 Å². The maximum absolute atomic E-state index is 13.5. The van der Waals surface area contributed by atoms with Crippen LogP contribution in [0.5, 0.6) is 5.75 Å². The molecule has 0 spiro atoms. The van der Waals surface area contributed by atoms with Gasteiger partial charge in [-0.2, -0.15) is 0 Å². The molecule has 37 heavy (non-hydrogen) atoms. The zero-order chi connectivity index (χ0) is 26.5. The van der Waals surface area contributed by atoms with Crippen LogP contribution >= 0.6 is 0 Å². The summed E-state index contributed by atoms with van der Waals surface area (Å²) in [5, 5.41) is 1.96. The number of carbonyl (C=O) groups excluding carboxylic acids is 1. The highest BCUT2D eigenvalue weighted by atomic mass is 28.4. The van der Waals surface area contributed by atoms with Gasteiger partial charge in [0.25, 0.3) is 8.32 Å². The summed E-state index contributed by atoms with van der Waals surface area (Å²) in [6.07, 6.45) is 2.67. The Morgan fingerprint density at radius 2 is 1.49 bits per heavy atom. The van der Waals surface area contributed by atoms with Gasteiger partial charge in [-0.05, 0) is 45.8 Å². The lowest BCUT2D eigenvalue weighted by molar-refractivity contribution is -0.197. The molecule has 3 aromatic rings. The van der Waals surface area contributed by atoms with Gasteiger partial charge in [0.1, 0.15) is 18.2 Å². The summed E-state index contributed by atoms with van der Waals surface area (Å²) >= 11 is 0. The molecule has 1 aliphatic rings. The Balaban J connectivity index is 1.78. The van der Waals surface area contributed by atoms with Gasteiger partial charge in [-0.15, -0.1) is 0 Å². The topological polar surface area (TPSA) is 54.0 Å². The molecule has 194 valence electrons. The summed E-state index contributed by atoms with van der Waals surface area (Å²) in [7, 11) is -1.45. The molecular formula is C30H33FO5Si. The smallest absolute Gasteiger partial charge is 0.333 e. The van der Waals surface area contributed by atoms with Crippen molar-refractivity contribution >= 4 is 24.7 Å². The Bertz CT molecular complexity index is 1170. The number of carbonyl (C=O) groups is 1. The van der Waals surface area contributed by atoms with Crippen LogP contribution in [0.3, 0.4) is 0 Å². The second kappa shape index (κ2) is 11.0. The van der Waals surface area contributed by atoms with E-state index in [1.54, 1.807) is 18.2 Å². The van der Waals surface area contributed by atoms with Crippen LogP contribution in [0.15, 0.2) is 97.1 Å². The number of hydrogen-bond donors (Lipinski definition) is 0. The van der Waals surface area contributed by atoms with E-state index < -0.39 is 26.2 Å². The van der Waals surface area contributed by atoms with Crippen molar-refractivity contribution in [2.45, 2.75) is 44.1 Å². The van der Waals surface area contributed by atoms with Crippen molar-refractivity contribution in [1.29, 1.82) is 0 Å². The molecule has 1 aliphatic heterocycles. The van der Waals surface area contributed by atoms with Crippen LogP contribution in [-0.4, -0.2) is 39.9 Å². The number of esters is 1. The molecule has 5 nitrogen and oxygen atoms in total. The molecule has 0 fully saturated rings. The number of methoxy groups -OCH3 is 1. The molecule has 1 heterocycles. The van der Waals surface area contributed by atoms with Crippen molar-refractivity contribution < 1.29 is 27.8 Å². The first-order valence-electron chi connectivity index (χ1n) is 12.3. The Hall–Kier alpha value is -3.26. The fraction of sp³-hybridized carbons (Fsp3) is 0.300. The molecule has 4 rings (SSSR count). The fourth-order valence-corrected chi connectivity index (χ4v) is 9.52.